The Labute approximate surface area is 121 Å². The van der Waals surface area contributed by atoms with E-state index in [1.54, 1.807) is 6.20 Å². The van der Waals surface area contributed by atoms with Gasteiger partial charge in [-0.05, 0) is 50.4 Å². The SMILES string of the molecule is CCn1ncc(Cl)c1C(N)C1CCC(C(C)C)CC1. The minimum Gasteiger partial charge on any atom is -0.322 e. The van der Waals surface area contributed by atoms with Crippen molar-refractivity contribution in [3.05, 3.63) is 16.9 Å². The van der Waals surface area contributed by atoms with Crippen LogP contribution in [-0.4, -0.2) is 9.78 Å². The van der Waals surface area contributed by atoms with Gasteiger partial charge in [-0.3, -0.25) is 4.68 Å². The molecule has 1 atom stereocenters. The van der Waals surface area contributed by atoms with Crippen LogP contribution >= 0.6 is 11.6 Å². The van der Waals surface area contributed by atoms with E-state index in [0.717, 1.165) is 29.1 Å². The summed E-state index contributed by atoms with van der Waals surface area (Å²) in [5.74, 6) is 2.21. The molecule has 1 aromatic heterocycles. The smallest absolute Gasteiger partial charge is 0.0834 e. The molecule has 0 amide bonds. The largest absolute Gasteiger partial charge is 0.322 e. The summed E-state index contributed by atoms with van der Waals surface area (Å²) in [7, 11) is 0. The molecule has 2 rings (SSSR count). The molecule has 4 heteroatoms. The number of aromatic nitrogens is 2. The summed E-state index contributed by atoms with van der Waals surface area (Å²) in [5, 5.41) is 5.02. The van der Waals surface area contributed by atoms with E-state index in [9.17, 15) is 0 Å². The minimum atomic E-state index is 0.0306. The maximum atomic E-state index is 6.47. The molecule has 1 unspecified atom stereocenters. The number of rotatable bonds is 4. The van der Waals surface area contributed by atoms with Gasteiger partial charge in [-0.1, -0.05) is 25.4 Å². The lowest BCUT2D eigenvalue weighted by Crippen LogP contribution is -2.29. The highest BCUT2D eigenvalue weighted by Crippen LogP contribution is 2.39. The highest BCUT2D eigenvalue weighted by atomic mass is 35.5. The molecule has 1 aliphatic carbocycles. The Hall–Kier alpha value is -0.540. The zero-order chi connectivity index (χ0) is 14.0. The first-order chi connectivity index (χ1) is 9.04. The van der Waals surface area contributed by atoms with Gasteiger partial charge in [-0.15, -0.1) is 0 Å². The summed E-state index contributed by atoms with van der Waals surface area (Å²) >= 11 is 6.25. The molecular weight excluding hydrogens is 258 g/mol. The van der Waals surface area contributed by atoms with E-state index < -0.39 is 0 Å². The topological polar surface area (TPSA) is 43.8 Å². The van der Waals surface area contributed by atoms with Crippen molar-refractivity contribution in [1.82, 2.24) is 9.78 Å². The lowest BCUT2D eigenvalue weighted by molar-refractivity contribution is 0.200. The third-order valence-corrected chi connectivity index (χ3v) is 5.01. The van der Waals surface area contributed by atoms with Crippen LogP contribution in [0.1, 0.15) is 58.2 Å². The van der Waals surface area contributed by atoms with Crippen molar-refractivity contribution in [3.8, 4) is 0 Å². The Kier molecular flexibility index (Phi) is 4.91. The molecule has 3 nitrogen and oxygen atoms in total. The van der Waals surface area contributed by atoms with Crippen LogP contribution in [0.25, 0.3) is 0 Å². The fraction of sp³-hybridized carbons (Fsp3) is 0.800. The van der Waals surface area contributed by atoms with Gasteiger partial charge in [0.1, 0.15) is 0 Å². The van der Waals surface area contributed by atoms with Gasteiger partial charge in [-0.25, -0.2) is 0 Å². The van der Waals surface area contributed by atoms with Gasteiger partial charge < -0.3 is 5.73 Å². The Morgan fingerprint density at radius 1 is 1.32 bits per heavy atom. The minimum absolute atomic E-state index is 0.0306. The second kappa shape index (κ2) is 6.27. The van der Waals surface area contributed by atoms with Crippen molar-refractivity contribution in [2.75, 3.05) is 0 Å². The predicted molar refractivity (Wildman–Crippen MR) is 80.1 cm³/mol. The van der Waals surface area contributed by atoms with Crippen LogP contribution in [0.3, 0.4) is 0 Å². The molecule has 1 saturated carbocycles. The quantitative estimate of drug-likeness (QED) is 0.907. The van der Waals surface area contributed by atoms with Crippen molar-refractivity contribution < 1.29 is 0 Å². The zero-order valence-corrected chi connectivity index (χ0v) is 13.0. The molecule has 19 heavy (non-hydrogen) atoms. The molecule has 0 aromatic carbocycles. The number of hydrogen-bond donors (Lipinski definition) is 1. The normalized spacial score (nSPS) is 25.8. The fourth-order valence-corrected chi connectivity index (χ4v) is 3.62. The summed E-state index contributed by atoms with van der Waals surface area (Å²) in [6.45, 7) is 7.56. The molecule has 0 bridgehead atoms. The number of hydrogen-bond acceptors (Lipinski definition) is 2. The first-order valence-electron chi connectivity index (χ1n) is 7.51. The first-order valence-corrected chi connectivity index (χ1v) is 7.89. The van der Waals surface area contributed by atoms with Crippen molar-refractivity contribution in [3.63, 3.8) is 0 Å². The summed E-state index contributed by atoms with van der Waals surface area (Å²) in [4.78, 5) is 0. The van der Waals surface area contributed by atoms with Gasteiger partial charge >= 0.3 is 0 Å². The van der Waals surface area contributed by atoms with E-state index in [4.69, 9.17) is 17.3 Å². The molecule has 0 radical (unpaired) electrons. The average Bonchev–Trinajstić information content (AvgIpc) is 2.79. The van der Waals surface area contributed by atoms with Crippen molar-refractivity contribution in [1.29, 1.82) is 0 Å². The van der Waals surface area contributed by atoms with Gasteiger partial charge in [-0.2, -0.15) is 5.10 Å². The van der Waals surface area contributed by atoms with Crippen LogP contribution in [0.4, 0.5) is 0 Å². The third kappa shape index (κ3) is 3.14. The standard InChI is InChI=1S/C15H26ClN3/c1-4-19-15(13(16)9-18-19)14(17)12-7-5-11(6-8-12)10(2)3/h9-12,14H,4-8,17H2,1-3H3. The Morgan fingerprint density at radius 2 is 1.89 bits per heavy atom. The van der Waals surface area contributed by atoms with E-state index in [0.29, 0.717) is 5.92 Å². The average molecular weight is 284 g/mol. The molecule has 108 valence electrons. The van der Waals surface area contributed by atoms with Crippen LogP contribution in [-0.2, 0) is 6.54 Å². The molecule has 2 N–H and O–H groups in total. The van der Waals surface area contributed by atoms with E-state index in [-0.39, 0.29) is 6.04 Å². The van der Waals surface area contributed by atoms with Gasteiger partial charge in [0.2, 0.25) is 0 Å². The maximum Gasteiger partial charge on any atom is 0.0834 e. The molecular formula is C15H26ClN3. The number of halogens is 1. The maximum absolute atomic E-state index is 6.47. The predicted octanol–water partition coefficient (Wildman–Crippen LogP) is 4.02. The molecule has 1 aromatic rings. The van der Waals surface area contributed by atoms with Gasteiger partial charge in [0.05, 0.1) is 23.0 Å². The van der Waals surface area contributed by atoms with Gasteiger partial charge in [0, 0.05) is 6.54 Å². The van der Waals surface area contributed by atoms with Crippen LogP contribution in [0.5, 0.6) is 0 Å². The van der Waals surface area contributed by atoms with E-state index in [1.165, 1.54) is 25.7 Å². The summed E-state index contributed by atoms with van der Waals surface area (Å²) in [6, 6.07) is 0.0306. The lowest BCUT2D eigenvalue weighted by Gasteiger charge is -2.34. The summed E-state index contributed by atoms with van der Waals surface area (Å²) < 4.78 is 1.95. The highest BCUT2D eigenvalue weighted by Gasteiger charge is 2.30. The van der Waals surface area contributed by atoms with Gasteiger partial charge in [0.25, 0.3) is 0 Å². The van der Waals surface area contributed by atoms with Crippen molar-refractivity contribution in [2.45, 2.75) is 59.0 Å². The molecule has 0 saturated heterocycles. The molecule has 0 aliphatic heterocycles. The number of nitrogens with zero attached hydrogens (tertiary/aromatic N) is 2. The number of nitrogens with two attached hydrogens (primary N) is 1. The second-order valence-electron chi connectivity index (χ2n) is 6.14. The molecule has 1 heterocycles. The number of aryl methyl sites for hydroxylation is 1. The van der Waals surface area contributed by atoms with Crippen LogP contribution in [0.15, 0.2) is 6.20 Å². The van der Waals surface area contributed by atoms with E-state index in [2.05, 4.69) is 25.9 Å². The van der Waals surface area contributed by atoms with Crippen molar-refractivity contribution >= 4 is 11.6 Å². The van der Waals surface area contributed by atoms with Crippen molar-refractivity contribution in [2.24, 2.45) is 23.5 Å². The van der Waals surface area contributed by atoms with Gasteiger partial charge in [0.15, 0.2) is 0 Å². The van der Waals surface area contributed by atoms with Crippen LogP contribution in [0, 0.1) is 17.8 Å². The Bertz CT molecular complexity index is 406. The summed E-state index contributed by atoms with van der Waals surface area (Å²) in [6.07, 6.45) is 6.76. The monoisotopic (exact) mass is 283 g/mol. The highest BCUT2D eigenvalue weighted by molar-refractivity contribution is 6.31. The summed E-state index contributed by atoms with van der Waals surface area (Å²) in [5.41, 5.74) is 7.49. The van der Waals surface area contributed by atoms with E-state index >= 15 is 0 Å². The van der Waals surface area contributed by atoms with Crippen LogP contribution in [0.2, 0.25) is 5.02 Å². The molecule has 1 fully saturated rings. The lowest BCUT2D eigenvalue weighted by atomic mass is 9.74. The second-order valence-corrected chi connectivity index (χ2v) is 6.55. The zero-order valence-electron chi connectivity index (χ0n) is 12.3. The first kappa shape index (κ1) is 14.9. The van der Waals surface area contributed by atoms with E-state index in [1.807, 2.05) is 4.68 Å². The Balaban J connectivity index is 2.05. The Morgan fingerprint density at radius 3 is 2.42 bits per heavy atom. The third-order valence-electron chi connectivity index (χ3n) is 4.72. The molecule has 1 aliphatic rings. The molecule has 0 spiro atoms. The fourth-order valence-electron chi connectivity index (χ4n) is 3.35. The van der Waals surface area contributed by atoms with Crippen LogP contribution < -0.4 is 5.73 Å².